The van der Waals surface area contributed by atoms with Crippen LogP contribution >= 0.6 is 31.9 Å². The maximum Gasteiger partial charge on any atom is 0.407 e. The Morgan fingerprint density at radius 1 is 1.18 bits per heavy atom. The highest BCUT2D eigenvalue weighted by atomic mass is 79.9. The van der Waals surface area contributed by atoms with Crippen molar-refractivity contribution in [1.29, 1.82) is 0 Å². The van der Waals surface area contributed by atoms with Crippen LogP contribution in [0.4, 0.5) is 4.79 Å². The Morgan fingerprint density at radius 3 is 2.27 bits per heavy atom. The van der Waals surface area contributed by atoms with Gasteiger partial charge >= 0.3 is 6.09 Å². The maximum absolute atomic E-state index is 11.7. The summed E-state index contributed by atoms with van der Waals surface area (Å²) in [6.45, 7) is 8.29. The molecule has 0 fully saturated rings. The van der Waals surface area contributed by atoms with E-state index < -0.39 is 17.3 Å². The predicted molar refractivity (Wildman–Crippen MR) is 95.4 cm³/mol. The van der Waals surface area contributed by atoms with Gasteiger partial charge in [0.1, 0.15) is 5.60 Å². The van der Waals surface area contributed by atoms with E-state index in [4.69, 9.17) is 9.47 Å². The first-order valence-electron chi connectivity index (χ1n) is 7.05. The lowest BCUT2D eigenvalue weighted by molar-refractivity contribution is -0.0257. The highest BCUT2D eigenvalue weighted by Crippen LogP contribution is 2.18. The number of ether oxygens (including phenoxy) is 2. The predicted octanol–water partition coefficient (Wildman–Crippen LogP) is 4.64. The summed E-state index contributed by atoms with van der Waals surface area (Å²) in [5.74, 6) is 0. The summed E-state index contributed by atoms with van der Waals surface area (Å²) in [5, 5.41) is 3.36. The van der Waals surface area contributed by atoms with E-state index in [9.17, 15) is 4.79 Å². The molecule has 1 N–H and O–H groups in total. The van der Waals surface area contributed by atoms with Crippen molar-refractivity contribution in [2.45, 2.75) is 45.5 Å². The third-order valence-corrected chi connectivity index (χ3v) is 4.50. The number of alkyl halides is 1. The summed E-state index contributed by atoms with van der Waals surface area (Å²) < 4.78 is 12.2. The van der Waals surface area contributed by atoms with Crippen molar-refractivity contribution in [3.8, 4) is 0 Å². The van der Waals surface area contributed by atoms with E-state index in [2.05, 4.69) is 37.2 Å². The van der Waals surface area contributed by atoms with Crippen molar-refractivity contribution in [2.24, 2.45) is 0 Å². The van der Waals surface area contributed by atoms with Crippen LogP contribution in [0.1, 0.15) is 33.3 Å². The van der Waals surface area contributed by atoms with Gasteiger partial charge in [0, 0.05) is 9.80 Å². The van der Waals surface area contributed by atoms with Crippen LogP contribution in [-0.4, -0.2) is 29.2 Å². The van der Waals surface area contributed by atoms with Gasteiger partial charge in [-0.3, -0.25) is 0 Å². The number of benzene rings is 1. The molecule has 1 unspecified atom stereocenters. The van der Waals surface area contributed by atoms with Crippen molar-refractivity contribution in [2.75, 3.05) is 11.9 Å². The van der Waals surface area contributed by atoms with Crippen molar-refractivity contribution in [3.63, 3.8) is 0 Å². The van der Waals surface area contributed by atoms with E-state index in [0.29, 0.717) is 18.5 Å². The monoisotopic (exact) mass is 435 g/mol. The van der Waals surface area contributed by atoms with Gasteiger partial charge in [-0.15, -0.1) is 0 Å². The number of carbonyl (C=O) groups excluding carboxylic acids is 1. The molecule has 124 valence electrons. The number of carbonyl (C=O) groups is 1. The molecule has 0 aliphatic heterocycles. The fourth-order valence-electron chi connectivity index (χ4n) is 1.55. The molecule has 0 aliphatic rings. The van der Waals surface area contributed by atoms with Gasteiger partial charge in [-0.1, -0.05) is 44.0 Å². The molecule has 0 radical (unpaired) electrons. The first kappa shape index (κ1) is 19.5. The third-order valence-electron chi connectivity index (χ3n) is 2.79. The minimum absolute atomic E-state index is 0.365. The lowest BCUT2D eigenvalue weighted by Gasteiger charge is -2.29. The smallest absolute Gasteiger partial charge is 0.407 e. The molecule has 1 aromatic carbocycles. The Kier molecular flexibility index (Phi) is 7.35. The van der Waals surface area contributed by atoms with Crippen LogP contribution in [0, 0.1) is 0 Å². The Bertz CT molecular complexity index is 485. The molecule has 1 aromatic rings. The molecule has 22 heavy (non-hydrogen) atoms. The van der Waals surface area contributed by atoms with Crippen LogP contribution in [-0.2, 0) is 16.1 Å². The van der Waals surface area contributed by atoms with E-state index in [1.807, 2.05) is 52.0 Å². The minimum Gasteiger partial charge on any atom is -0.444 e. The first-order valence-corrected chi connectivity index (χ1v) is 8.96. The van der Waals surface area contributed by atoms with Gasteiger partial charge in [0.15, 0.2) is 0 Å². The second kappa shape index (κ2) is 8.31. The molecular weight excluding hydrogens is 414 g/mol. The molecule has 1 atom stereocenters. The molecule has 0 aliphatic carbocycles. The van der Waals surface area contributed by atoms with Gasteiger partial charge < -0.3 is 14.8 Å². The summed E-state index contributed by atoms with van der Waals surface area (Å²) in [6, 6.07) is 7.95. The van der Waals surface area contributed by atoms with Gasteiger partial charge in [-0.05, 0) is 45.4 Å². The average Bonchev–Trinajstić information content (AvgIpc) is 2.43. The molecule has 0 aromatic heterocycles. The molecule has 0 saturated heterocycles. The zero-order chi connectivity index (χ0) is 16.8. The number of hydrogen-bond donors (Lipinski definition) is 1. The normalized spacial score (nSPS) is 14.3. The summed E-state index contributed by atoms with van der Waals surface area (Å²) in [6.07, 6.45) is -0.438. The second-order valence-corrected chi connectivity index (χ2v) is 7.83. The number of rotatable bonds is 6. The Hall–Kier alpha value is -0.590. The van der Waals surface area contributed by atoms with Crippen LogP contribution < -0.4 is 5.32 Å². The molecule has 1 rings (SSSR count). The fraction of sp³-hybridized carbons (Fsp3) is 0.562. The summed E-state index contributed by atoms with van der Waals surface area (Å²) in [5.41, 5.74) is 0.0598. The topological polar surface area (TPSA) is 47.6 Å². The lowest BCUT2D eigenvalue weighted by atomic mass is 10.1. The summed E-state index contributed by atoms with van der Waals surface area (Å²) in [7, 11) is 0. The number of nitrogens with one attached hydrogen (secondary N) is 1. The fourth-order valence-corrected chi connectivity index (χ4v) is 2.17. The van der Waals surface area contributed by atoms with Gasteiger partial charge in [-0.25, -0.2) is 4.79 Å². The largest absolute Gasteiger partial charge is 0.444 e. The first-order chi connectivity index (χ1) is 10.1. The molecule has 4 nitrogen and oxygen atoms in total. The molecule has 0 spiro atoms. The van der Waals surface area contributed by atoms with Crippen molar-refractivity contribution in [1.82, 2.24) is 5.32 Å². The van der Waals surface area contributed by atoms with E-state index in [1.54, 1.807) is 0 Å². The summed E-state index contributed by atoms with van der Waals surface area (Å²) >= 11 is 6.85. The summed E-state index contributed by atoms with van der Waals surface area (Å²) in [4.78, 5) is 11.7. The standard InChI is InChI=1S/C16H23Br2NO3/c1-15(2,3)22-14(20)19-11-16(4,10-17)21-9-12-5-7-13(18)8-6-12/h5-8H,9-11H2,1-4H3,(H,19,20). The zero-order valence-electron chi connectivity index (χ0n) is 13.4. The number of amides is 1. The van der Waals surface area contributed by atoms with E-state index >= 15 is 0 Å². The van der Waals surface area contributed by atoms with Crippen LogP contribution in [0.15, 0.2) is 28.7 Å². The highest BCUT2D eigenvalue weighted by molar-refractivity contribution is 9.10. The van der Waals surface area contributed by atoms with E-state index in [-0.39, 0.29) is 0 Å². The maximum atomic E-state index is 11.7. The average molecular weight is 437 g/mol. The Labute approximate surface area is 149 Å². The number of alkyl carbamates (subject to hydrolysis) is 1. The Morgan fingerprint density at radius 2 is 1.77 bits per heavy atom. The quantitative estimate of drug-likeness (QED) is 0.660. The third kappa shape index (κ3) is 7.61. The van der Waals surface area contributed by atoms with Crippen molar-refractivity contribution < 1.29 is 14.3 Å². The number of hydrogen-bond acceptors (Lipinski definition) is 3. The minimum atomic E-state index is -0.510. The highest BCUT2D eigenvalue weighted by Gasteiger charge is 2.26. The molecule has 0 heterocycles. The molecule has 0 saturated carbocycles. The van der Waals surface area contributed by atoms with Crippen LogP contribution in [0.2, 0.25) is 0 Å². The van der Waals surface area contributed by atoms with Crippen LogP contribution in [0.5, 0.6) is 0 Å². The van der Waals surface area contributed by atoms with Gasteiger partial charge in [0.05, 0.1) is 18.8 Å². The number of halogens is 2. The van der Waals surface area contributed by atoms with Crippen LogP contribution in [0.25, 0.3) is 0 Å². The SMILES string of the molecule is CC(C)(C)OC(=O)NCC(C)(CBr)OCc1ccc(Br)cc1. The van der Waals surface area contributed by atoms with Gasteiger partial charge in [0.25, 0.3) is 0 Å². The van der Waals surface area contributed by atoms with Crippen molar-refractivity contribution in [3.05, 3.63) is 34.3 Å². The Balaban J connectivity index is 2.49. The van der Waals surface area contributed by atoms with Crippen molar-refractivity contribution >= 4 is 38.0 Å². The zero-order valence-corrected chi connectivity index (χ0v) is 16.6. The van der Waals surface area contributed by atoms with E-state index in [1.165, 1.54) is 0 Å². The van der Waals surface area contributed by atoms with E-state index in [0.717, 1.165) is 10.0 Å². The second-order valence-electron chi connectivity index (χ2n) is 6.35. The lowest BCUT2D eigenvalue weighted by Crippen LogP contribution is -2.45. The van der Waals surface area contributed by atoms with Gasteiger partial charge in [-0.2, -0.15) is 0 Å². The molecule has 0 bridgehead atoms. The molecular formula is C16H23Br2NO3. The molecule has 6 heteroatoms. The molecule has 1 amide bonds. The van der Waals surface area contributed by atoms with Crippen LogP contribution in [0.3, 0.4) is 0 Å². The van der Waals surface area contributed by atoms with Gasteiger partial charge in [0.2, 0.25) is 0 Å².